The van der Waals surface area contributed by atoms with Crippen LogP contribution in [0, 0.1) is 17.8 Å². The Morgan fingerprint density at radius 1 is 1.13 bits per heavy atom. The number of halogens is 1. The Labute approximate surface area is 187 Å². The van der Waals surface area contributed by atoms with E-state index in [9.17, 15) is 19.7 Å². The molecule has 164 valence electrons. The zero-order valence-corrected chi connectivity index (χ0v) is 18.3. The molecule has 8 heteroatoms. The highest BCUT2D eigenvalue weighted by atomic mass is 35.5. The van der Waals surface area contributed by atoms with Gasteiger partial charge in [0.2, 0.25) is 11.8 Å². The number of likely N-dealkylation sites (tertiary alicyclic amines) is 1. The van der Waals surface area contributed by atoms with Crippen LogP contribution in [-0.2, 0) is 14.2 Å². The molecule has 1 aromatic carbocycles. The van der Waals surface area contributed by atoms with E-state index >= 15 is 0 Å². The molecule has 0 aromatic heterocycles. The number of carbonyl (C=O) groups excluding carboxylic acids is 2. The Morgan fingerprint density at radius 3 is 2.58 bits per heavy atom. The van der Waals surface area contributed by atoms with Gasteiger partial charge in [-0.1, -0.05) is 42.5 Å². The average molecular weight is 444 g/mol. The van der Waals surface area contributed by atoms with Gasteiger partial charge >= 0.3 is 7.12 Å². The highest BCUT2D eigenvalue weighted by molar-refractivity contribution is 6.53. The number of benzene rings is 1. The maximum Gasteiger partial charge on any atom is 0.487 e. The fourth-order valence-corrected chi connectivity index (χ4v) is 6.55. The predicted molar refractivity (Wildman–Crippen MR) is 116 cm³/mol. The van der Waals surface area contributed by atoms with Crippen molar-refractivity contribution in [1.29, 1.82) is 0 Å². The zero-order valence-electron chi connectivity index (χ0n) is 17.6. The largest absolute Gasteiger partial charge is 0.508 e. The average Bonchev–Trinajstić information content (AvgIpc) is 2.98. The SMILES string of the molecule is CC1=C2B(O)O[C@H](c3ccc(O)cc3Cl)C[C@H]2[C@H]2C(=O)N(C3CCCCC3)C(=O)[C@H]2C1. The number of phenolic OH excluding ortho intramolecular Hbond substituents is 1. The first kappa shape index (κ1) is 21.0. The molecular weight excluding hydrogens is 417 g/mol. The van der Waals surface area contributed by atoms with Crippen LogP contribution in [-0.4, -0.2) is 40.0 Å². The van der Waals surface area contributed by atoms with Gasteiger partial charge in [-0.3, -0.25) is 14.5 Å². The van der Waals surface area contributed by atoms with E-state index in [0.717, 1.165) is 43.1 Å². The summed E-state index contributed by atoms with van der Waals surface area (Å²) in [5, 5.41) is 20.9. The van der Waals surface area contributed by atoms with Crippen LogP contribution in [0.15, 0.2) is 29.2 Å². The molecule has 4 aliphatic rings. The molecule has 5 rings (SSSR count). The maximum atomic E-state index is 13.6. The van der Waals surface area contributed by atoms with Crippen molar-refractivity contribution in [3.05, 3.63) is 39.8 Å². The molecule has 0 bridgehead atoms. The molecule has 2 saturated heterocycles. The lowest BCUT2D eigenvalue weighted by atomic mass is 9.55. The second-order valence-electron chi connectivity index (χ2n) is 9.44. The molecule has 4 atom stereocenters. The lowest BCUT2D eigenvalue weighted by Gasteiger charge is -2.41. The van der Waals surface area contributed by atoms with Crippen molar-refractivity contribution in [2.24, 2.45) is 17.8 Å². The topological polar surface area (TPSA) is 87.1 Å². The van der Waals surface area contributed by atoms with Gasteiger partial charge in [0.05, 0.1) is 17.9 Å². The third-order valence-corrected chi connectivity index (χ3v) is 7.99. The van der Waals surface area contributed by atoms with E-state index in [1.165, 1.54) is 12.1 Å². The molecule has 2 heterocycles. The van der Waals surface area contributed by atoms with Gasteiger partial charge in [-0.2, -0.15) is 0 Å². The summed E-state index contributed by atoms with van der Waals surface area (Å²) in [6.07, 6.45) is 5.48. The second-order valence-corrected chi connectivity index (χ2v) is 9.84. The Morgan fingerprint density at radius 2 is 1.87 bits per heavy atom. The molecule has 2 N–H and O–H groups in total. The van der Waals surface area contributed by atoms with Gasteiger partial charge in [0.25, 0.3) is 0 Å². The number of imide groups is 1. The van der Waals surface area contributed by atoms with Crippen LogP contribution in [0.5, 0.6) is 5.75 Å². The number of carbonyl (C=O) groups is 2. The van der Waals surface area contributed by atoms with Gasteiger partial charge in [-0.05, 0) is 61.7 Å². The van der Waals surface area contributed by atoms with Crippen molar-refractivity contribution >= 4 is 30.5 Å². The minimum Gasteiger partial charge on any atom is -0.508 e. The van der Waals surface area contributed by atoms with E-state index < -0.39 is 19.1 Å². The Kier molecular flexibility index (Phi) is 5.39. The zero-order chi connectivity index (χ0) is 21.9. The summed E-state index contributed by atoms with van der Waals surface area (Å²) in [6.45, 7) is 1.93. The van der Waals surface area contributed by atoms with Crippen LogP contribution in [0.2, 0.25) is 5.02 Å². The highest BCUT2D eigenvalue weighted by Gasteiger charge is 2.58. The second kappa shape index (κ2) is 7.94. The van der Waals surface area contributed by atoms with Crippen LogP contribution in [0.25, 0.3) is 0 Å². The summed E-state index contributed by atoms with van der Waals surface area (Å²) in [6, 6.07) is 4.68. The van der Waals surface area contributed by atoms with Crippen molar-refractivity contribution in [2.45, 2.75) is 64.0 Å². The van der Waals surface area contributed by atoms with Crippen LogP contribution in [0.3, 0.4) is 0 Å². The molecule has 2 aliphatic heterocycles. The number of hydrogen-bond acceptors (Lipinski definition) is 5. The van der Waals surface area contributed by atoms with Crippen LogP contribution >= 0.6 is 11.6 Å². The predicted octanol–water partition coefficient (Wildman–Crippen LogP) is 3.80. The summed E-state index contributed by atoms with van der Waals surface area (Å²) < 4.78 is 5.91. The van der Waals surface area contributed by atoms with Crippen molar-refractivity contribution in [1.82, 2.24) is 4.90 Å². The van der Waals surface area contributed by atoms with E-state index in [4.69, 9.17) is 16.3 Å². The van der Waals surface area contributed by atoms with Crippen LogP contribution in [0.1, 0.15) is 63.5 Å². The third-order valence-electron chi connectivity index (χ3n) is 7.66. The van der Waals surface area contributed by atoms with Crippen LogP contribution in [0.4, 0.5) is 0 Å². The highest BCUT2D eigenvalue weighted by Crippen LogP contribution is 2.52. The summed E-state index contributed by atoms with van der Waals surface area (Å²) in [5.41, 5.74) is 2.36. The standard InChI is InChI=1S/C23H27BClNO5/c1-12-9-17-20(23(29)26(22(17)28)13-5-3-2-4-6-13)16-11-19(31-24(30)21(12)16)15-8-7-14(27)10-18(15)25/h7-8,10,13,16-17,19-20,27,30H,2-6,9,11H2,1H3/t16-,17-,19-,20+/m0/s1. The lowest BCUT2D eigenvalue weighted by molar-refractivity contribution is -0.143. The molecule has 1 saturated carbocycles. The minimum absolute atomic E-state index is 0.00945. The first-order chi connectivity index (χ1) is 14.9. The molecule has 3 fully saturated rings. The van der Waals surface area contributed by atoms with Crippen molar-refractivity contribution in [3.63, 3.8) is 0 Å². The third kappa shape index (κ3) is 3.42. The molecule has 31 heavy (non-hydrogen) atoms. The first-order valence-electron chi connectivity index (χ1n) is 11.2. The summed E-state index contributed by atoms with van der Waals surface area (Å²) in [7, 11) is -1.14. The monoisotopic (exact) mass is 443 g/mol. The van der Waals surface area contributed by atoms with E-state index in [1.807, 2.05) is 6.92 Å². The van der Waals surface area contributed by atoms with E-state index in [1.54, 1.807) is 11.0 Å². The van der Waals surface area contributed by atoms with Gasteiger partial charge in [-0.25, -0.2) is 0 Å². The van der Waals surface area contributed by atoms with Crippen molar-refractivity contribution in [2.75, 3.05) is 0 Å². The van der Waals surface area contributed by atoms with Gasteiger partial charge in [-0.15, -0.1) is 0 Å². The molecule has 2 aliphatic carbocycles. The van der Waals surface area contributed by atoms with Crippen molar-refractivity contribution in [3.8, 4) is 5.75 Å². The smallest absolute Gasteiger partial charge is 0.487 e. The molecular formula is C23H27BClNO5. The molecule has 0 spiro atoms. The molecule has 1 aromatic rings. The Balaban J connectivity index is 1.48. The molecule has 6 nitrogen and oxygen atoms in total. The van der Waals surface area contributed by atoms with Gasteiger partial charge in [0.15, 0.2) is 0 Å². The number of aromatic hydroxyl groups is 1. The Hall–Kier alpha value is -1.83. The number of fused-ring (bicyclic) bond motifs is 3. The number of allylic oxidation sites excluding steroid dienone is 2. The number of rotatable bonds is 2. The molecule has 0 unspecified atom stereocenters. The van der Waals surface area contributed by atoms with E-state index in [2.05, 4.69) is 0 Å². The van der Waals surface area contributed by atoms with Crippen molar-refractivity contribution < 1.29 is 24.4 Å². The summed E-state index contributed by atoms with van der Waals surface area (Å²) >= 11 is 6.34. The van der Waals surface area contributed by atoms with Gasteiger partial charge in [0.1, 0.15) is 5.75 Å². The number of amides is 2. The fourth-order valence-electron chi connectivity index (χ4n) is 6.26. The van der Waals surface area contributed by atoms with E-state index in [0.29, 0.717) is 23.4 Å². The van der Waals surface area contributed by atoms with E-state index in [-0.39, 0.29) is 35.4 Å². The number of phenols is 1. The lowest BCUT2D eigenvalue weighted by Crippen LogP contribution is -2.45. The van der Waals surface area contributed by atoms with Crippen LogP contribution < -0.4 is 0 Å². The molecule has 2 amide bonds. The number of nitrogens with zero attached hydrogens (tertiary/aromatic N) is 1. The first-order valence-corrected chi connectivity index (χ1v) is 11.6. The molecule has 0 radical (unpaired) electrons. The normalized spacial score (nSPS) is 31.8. The quantitative estimate of drug-likeness (QED) is 0.536. The van der Waals surface area contributed by atoms with Gasteiger partial charge in [0, 0.05) is 11.1 Å². The minimum atomic E-state index is -1.14. The fraction of sp³-hybridized carbons (Fsp3) is 0.565. The maximum absolute atomic E-state index is 13.6. The summed E-state index contributed by atoms with van der Waals surface area (Å²) in [4.78, 5) is 28.5. The van der Waals surface area contributed by atoms with Gasteiger partial charge < -0.3 is 14.8 Å². The summed E-state index contributed by atoms with van der Waals surface area (Å²) in [5.74, 6) is -1.14. The number of hydrogen-bond donors (Lipinski definition) is 2. The Bertz CT molecular complexity index is 959.